The van der Waals surface area contributed by atoms with E-state index in [2.05, 4.69) is 26.0 Å². The van der Waals surface area contributed by atoms with Crippen LogP contribution in [-0.4, -0.2) is 26.1 Å². The molecule has 0 saturated heterocycles. The highest BCUT2D eigenvalue weighted by Crippen LogP contribution is 2.33. The van der Waals surface area contributed by atoms with Crippen LogP contribution in [0.5, 0.6) is 11.5 Å². The molecule has 0 heterocycles. The number of hydrogen-bond acceptors (Lipinski definition) is 3. The fourth-order valence-electron chi connectivity index (χ4n) is 1.34. The summed E-state index contributed by atoms with van der Waals surface area (Å²) in [5.41, 5.74) is 0. The lowest BCUT2D eigenvalue weighted by Gasteiger charge is -2.12. The van der Waals surface area contributed by atoms with Gasteiger partial charge in [0.1, 0.15) is 11.5 Å². The predicted molar refractivity (Wildman–Crippen MR) is 69.5 cm³/mol. The van der Waals surface area contributed by atoms with Gasteiger partial charge in [-0.05, 0) is 53.6 Å². The van der Waals surface area contributed by atoms with Gasteiger partial charge >= 0.3 is 6.36 Å². The summed E-state index contributed by atoms with van der Waals surface area (Å²) in [6.45, 7) is 4.25. The van der Waals surface area contributed by atoms with Crippen LogP contribution in [0, 0.1) is 0 Å². The normalized spacial score (nSPS) is 11.4. The first-order valence-electron chi connectivity index (χ1n) is 5.81. The zero-order valence-electron chi connectivity index (χ0n) is 10.4. The number of hydrogen-bond donors (Lipinski definition) is 1. The highest BCUT2D eigenvalue weighted by molar-refractivity contribution is 9.10. The molecule has 0 aliphatic rings. The average molecular weight is 342 g/mol. The molecule has 1 N–H and O–H groups in total. The van der Waals surface area contributed by atoms with E-state index in [4.69, 9.17) is 4.74 Å². The molecule has 7 heteroatoms. The van der Waals surface area contributed by atoms with Crippen molar-refractivity contribution < 1.29 is 22.6 Å². The summed E-state index contributed by atoms with van der Waals surface area (Å²) < 4.78 is 45.6. The van der Waals surface area contributed by atoms with E-state index in [0.29, 0.717) is 12.4 Å². The van der Waals surface area contributed by atoms with Gasteiger partial charge in [-0.1, -0.05) is 6.92 Å². The third kappa shape index (κ3) is 6.68. The van der Waals surface area contributed by atoms with Crippen molar-refractivity contribution >= 4 is 15.9 Å². The lowest BCUT2D eigenvalue weighted by atomic mass is 10.3. The van der Waals surface area contributed by atoms with E-state index >= 15 is 0 Å². The van der Waals surface area contributed by atoms with E-state index < -0.39 is 6.36 Å². The molecule has 0 radical (unpaired) electrons. The third-order valence-electron chi connectivity index (χ3n) is 2.15. The van der Waals surface area contributed by atoms with Crippen LogP contribution in [0.15, 0.2) is 22.7 Å². The molecule has 0 aliphatic carbocycles. The van der Waals surface area contributed by atoms with Crippen molar-refractivity contribution in [3.63, 3.8) is 0 Å². The average Bonchev–Trinajstić information content (AvgIpc) is 2.31. The molecular formula is C12H15BrF3NO2. The first kappa shape index (κ1) is 16.1. The monoisotopic (exact) mass is 341 g/mol. The molecule has 0 amide bonds. The number of halogens is 4. The van der Waals surface area contributed by atoms with Gasteiger partial charge in [-0.3, -0.25) is 0 Å². The molecule has 0 saturated carbocycles. The van der Waals surface area contributed by atoms with Crippen molar-refractivity contribution in [2.75, 3.05) is 19.7 Å². The molecule has 0 atom stereocenters. The Bertz CT molecular complexity index is 399. The van der Waals surface area contributed by atoms with E-state index in [9.17, 15) is 13.2 Å². The first-order valence-corrected chi connectivity index (χ1v) is 6.60. The van der Waals surface area contributed by atoms with Gasteiger partial charge in [-0.15, -0.1) is 13.2 Å². The van der Waals surface area contributed by atoms with Crippen molar-refractivity contribution in [1.82, 2.24) is 5.32 Å². The van der Waals surface area contributed by atoms with E-state index in [0.717, 1.165) is 19.5 Å². The van der Waals surface area contributed by atoms with Gasteiger partial charge in [0.25, 0.3) is 0 Å². The second-order valence-electron chi connectivity index (χ2n) is 3.70. The van der Waals surface area contributed by atoms with Crippen molar-refractivity contribution in [2.45, 2.75) is 19.7 Å². The minimum atomic E-state index is -4.70. The fraction of sp³-hybridized carbons (Fsp3) is 0.500. The van der Waals surface area contributed by atoms with Gasteiger partial charge in [0.2, 0.25) is 0 Å². The zero-order valence-corrected chi connectivity index (χ0v) is 12.0. The molecule has 1 rings (SSSR count). The maximum Gasteiger partial charge on any atom is 0.573 e. The topological polar surface area (TPSA) is 30.5 Å². The van der Waals surface area contributed by atoms with Crippen molar-refractivity contribution in [3.8, 4) is 11.5 Å². The Morgan fingerprint density at radius 1 is 1.32 bits per heavy atom. The van der Waals surface area contributed by atoms with Crippen molar-refractivity contribution in [2.24, 2.45) is 0 Å². The van der Waals surface area contributed by atoms with Crippen molar-refractivity contribution in [1.29, 1.82) is 0 Å². The molecule has 0 unspecified atom stereocenters. The second-order valence-corrected chi connectivity index (χ2v) is 4.55. The lowest BCUT2D eigenvalue weighted by molar-refractivity contribution is -0.274. The molecule has 0 fully saturated rings. The molecule has 1 aromatic carbocycles. The molecule has 0 aromatic heterocycles. The molecule has 1 aromatic rings. The van der Waals surface area contributed by atoms with E-state index in [1.165, 1.54) is 18.2 Å². The van der Waals surface area contributed by atoms with Gasteiger partial charge in [0.15, 0.2) is 0 Å². The van der Waals surface area contributed by atoms with Gasteiger partial charge in [-0.2, -0.15) is 0 Å². The van der Waals surface area contributed by atoms with Gasteiger partial charge in [-0.25, -0.2) is 0 Å². The molecule has 108 valence electrons. The molecule has 19 heavy (non-hydrogen) atoms. The standard InChI is InChI=1S/C12H15BrF3NO2/c1-2-17-6-3-7-18-9-4-5-11(10(13)8-9)19-12(14,15)16/h4-5,8,17H,2-3,6-7H2,1H3. The van der Waals surface area contributed by atoms with Crippen LogP contribution in [0.1, 0.15) is 13.3 Å². The van der Waals surface area contributed by atoms with Gasteiger partial charge < -0.3 is 14.8 Å². The van der Waals surface area contributed by atoms with Crippen LogP contribution in [0.25, 0.3) is 0 Å². The number of alkyl halides is 3. The summed E-state index contributed by atoms with van der Waals surface area (Å²) in [6.07, 6.45) is -3.87. The molecule has 0 bridgehead atoms. The van der Waals surface area contributed by atoms with E-state index in [-0.39, 0.29) is 10.2 Å². The smallest absolute Gasteiger partial charge is 0.494 e. The first-order chi connectivity index (χ1) is 8.92. The number of ether oxygens (including phenoxy) is 2. The van der Waals surface area contributed by atoms with E-state index in [1.54, 1.807) is 0 Å². The van der Waals surface area contributed by atoms with Crippen LogP contribution in [-0.2, 0) is 0 Å². The summed E-state index contributed by atoms with van der Waals surface area (Å²) in [5.74, 6) is 0.213. The molecule has 0 aliphatic heterocycles. The summed E-state index contributed by atoms with van der Waals surface area (Å²) in [4.78, 5) is 0. The number of benzene rings is 1. The minimum absolute atomic E-state index is 0.203. The number of rotatable bonds is 7. The molecular weight excluding hydrogens is 327 g/mol. The molecule has 3 nitrogen and oxygen atoms in total. The Morgan fingerprint density at radius 2 is 2.05 bits per heavy atom. The maximum absolute atomic E-state index is 12.1. The lowest BCUT2D eigenvalue weighted by Crippen LogP contribution is -2.17. The zero-order chi connectivity index (χ0) is 14.3. The Kier molecular flexibility index (Phi) is 6.44. The second kappa shape index (κ2) is 7.59. The van der Waals surface area contributed by atoms with Crippen LogP contribution < -0.4 is 14.8 Å². The Morgan fingerprint density at radius 3 is 2.63 bits per heavy atom. The minimum Gasteiger partial charge on any atom is -0.494 e. The van der Waals surface area contributed by atoms with Crippen LogP contribution in [0.2, 0.25) is 0 Å². The molecule has 0 spiro atoms. The number of nitrogens with one attached hydrogen (secondary N) is 1. The Hall–Kier alpha value is -0.950. The van der Waals surface area contributed by atoms with Crippen LogP contribution in [0.3, 0.4) is 0 Å². The van der Waals surface area contributed by atoms with Crippen LogP contribution >= 0.6 is 15.9 Å². The summed E-state index contributed by atoms with van der Waals surface area (Å²) in [7, 11) is 0. The van der Waals surface area contributed by atoms with Gasteiger partial charge in [0, 0.05) is 0 Å². The van der Waals surface area contributed by atoms with E-state index in [1.807, 2.05) is 6.92 Å². The summed E-state index contributed by atoms with van der Waals surface area (Å²) in [6, 6.07) is 4.12. The quantitative estimate of drug-likeness (QED) is 0.766. The Labute approximate surface area is 118 Å². The highest BCUT2D eigenvalue weighted by Gasteiger charge is 2.31. The summed E-state index contributed by atoms with van der Waals surface area (Å²) in [5, 5.41) is 3.15. The van der Waals surface area contributed by atoms with Gasteiger partial charge in [0.05, 0.1) is 11.1 Å². The summed E-state index contributed by atoms with van der Waals surface area (Å²) >= 11 is 3.02. The van der Waals surface area contributed by atoms with Crippen LogP contribution in [0.4, 0.5) is 13.2 Å². The third-order valence-corrected chi connectivity index (χ3v) is 2.77. The largest absolute Gasteiger partial charge is 0.573 e. The SMILES string of the molecule is CCNCCCOc1ccc(OC(F)(F)F)c(Br)c1. The highest BCUT2D eigenvalue weighted by atomic mass is 79.9. The maximum atomic E-state index is 12.1. The predicted octanol–water partition coefficient (Wildman–Crippen LogP) is 3.73. The fourth-order valence-corrected chi connectivity index (χ4v) is 1.78. The van der Waals surface area contributed by atoms with Crippen molar-refractivity contribution in [3.05, 3.63) is 22.7 Å². The Balaban J connectivity index is 2.47.